The molecule has 2 rings (SSSR count). The van der Waals surface area contributed by atoms with E-state index in [9.17, 15) is 0 Å². The molecule has 1 aromatic rings. The summed E-state index contributed by atoms with van der Waals surface area (Å²) in [6, 6.07) is 0. The zero-order valence-electron chi connectivity index (χ0n) is 9.34. The third-order valence-corrected chi connectivity index (χ3v) is 3.40. The highest BCUT2D eigenvalue weighted by molar-refractivity contribution is 7.99. The maximum atomic E-state index is 4.62. The van der Waals surface area contributed by atoms with E-state index in [1.807, 2.05) is 7.05 Å². The lowest BCUT2D eigenvalue weighted by Crippen LogP contribution is -2.11. The van der Waals surface area contributed by atoms with E-state index in [-0.39, 0.29) is 0 Å². The van der Waals surface area contributed by atoms with Crippen LogP contribution in [0.15, 0.2) is 5.16 Å². The van der Waals surface area contributed by atoms with Crippen LogP contribution in [0.5, 0.6) is 0 Å². The van der Waals surface area contributed by atoms with Crippen molar-refractivity contribution in [2.24, 2.45) is 0 Å². The van der Waals surface area contributed by atoms with Crippen LogP contribution in [0.1, 0.15) is 31.0 Å². The van der Waals surface area contributed by atoms with Crippen LogP contribution in [-0.4, -0.2) is 22.8 Å². The topological polar surface area (TPSA) is 37.8 Å². The minimum absolute atomic E-state index is 0.919. The summed E-state index contributed by atoms with van der Waals surface area (Å²) in [6.45, 7) is 2.13. The van der Waals surface area contributed by atoms with Crippen molar-refractivity contribution in [1.82, 2.24) is 9.97 Å². The molecule has 82 valence electrons. The molecule has 0 saturated carbocycles. The first-order valence-corrected chi connectivity index (χ1v) is 6.54. The highest BCUT2D eigenvalue weighted by Crippen LogP contribution is 2.27. The number of fused-ring (bicyclic) bond motifs is 1. The predicted molar refractivity (Wildman–Crippen MR) is 64.6 cm³/mol. The van der Waals surface area contributed by atoms with Gasteiger partial charge in [0.05, 0.1) is 5.69 Å². The molecule has 0 fully saturated rings. The Morgan fingerprint density at radius 3 is 2.80 bits per heavy atom. The average molecular weight is 223 g/mol. The number of anilines is 1. The second-order valence-corrected chi connectivity index (χ2v) is 4.90. The molecule has 1 aliphatic carbocycles. The van der Waals surface area contributed by atoms with E-state index < -0.39 is 0 Å². The van der Waals surface area contributed by atoms with Gasteiger partial charge in [0, 0.05) is 12.6 Å². The molecular weight excluding hydrogens is 206 g/mol. The van der Waals surface area contributed by atoms with Crippen molar-refractivity contribution < 1.29 is 0 Å². The summed E-state index contributed by atoms with van der Waals surface area (Å²) in [5.74, 6) is 2.07. The molecule has 0 aromatic carbocycles. The summed E-state index contributed by atoms with van der Waals surface area (Å²) in [5.41, 5.74) is 2.60. The second-order valence-electron chi connectivity index (χ2n) is 3.67. The molecule has 4 heteroatoms. The Morgan fingerprint density at radius 2 is 2.07 bits per heavy atom. The third kappa shape index (κ3) is 2.25. The van der Waals surface area contributed by atoms with Gasteiger partial charge >= 0.3 is 0 Å². The fourth-order valence-electron chi connectivity index (χ4n) is 1.97. The molecule has 1 heterocycles. The molecule has 0 unspecified atom stereocenters. The van der Waals surface area contributed by atoms with E-state index >= 15 is 0 Å². The standard InChI is InChI=1S/C11H17N3S/c1-3-15-11-13-9-7-5-4-6-8(9)10(12-2)14-11/h3-7H2,1-2H3,(H,12,13,14). The average Bonchev–Trinajstić information content (AvgIpc) is 2.28. The van der Waals surface area contributed by atoms with Crippen LogP contribution in [0.25, 0.3) is 0 Å². The number of aryl methyl sites for hydroxylation is 1. The molecule has 0 bridgehead atoms. The van der Waals surface area contributed by atoms with Gasteiger partial charge in [0.15, 0.2) is 5.16 Å². The second kappa shape index (κ2) is 4.84. The van der Waals surface area contributed by atoms with Crippen molar-refractivity contribution in [2.45, 2.75) is 37.8 Å². The molecule has 1 N–H and O–H groups in total. The van der Waals surface area contributed by atoms with Crippen molar-refractivity contribution in [3.63, 3.8) is 0 Å². The van der Waals surface area contributed by atoms with Gasteiger partial charge in [-0.05, 0) is 31.4 Å². The Bertz CT molecular complexity index is 335. The normalized spacial score (nSPS) is 14.8. The Hall–Kier alpha value is -0.770. The molecule has 0 aliphatic heterocycles. The first-order chi connectivity index (χ1) is 7.35. The number of hydrogen-bond acceptors (Lipinski definition) is 4. The Morgan fingerprint density at radius 1 is 1.27 bits per heavy atom. The molecule has 3 nitrogen and oxygen atoms in total. The molecular formula is C11H17N3S. The van der Waals surface area contributed by atoms with Crippen LogP contribution >= 0.6 is 11.8 Å². The molecule has 1 aliphatic rings. The zero-order valence-corrected chi connectivity index (χ0v) is 10.2. The summed E-state index contributed by atoms with van der Waals surface area (Å²) in [4.78, 5) is 9.16. The van der Waals surface area contributed by atoms with Crippen molar-refractivity contribution >= 4 is 17.6 Å². The smallest absolute Gasteiger partial charge is 0.189 e. The molecule has 0 saturated heterocycles. The minimum Gasteiger partial charge on any atom is -0.373 e. The van der Waals surface area contributed by atoms with E-state index in [4.69, 9.17) is 0 Å². The lowest BCUT2D eigenvalue weighted by Gasteiger charge is -2.18. The number of hydrogen-bond donors (Lipinski definition) is 1. The summed E-state index contributed by atoms with van der Waals surface area (Å²) in [7, 11) is 1.94. The maximum absolute atomic E-state index is 4.62. The van der Waals surface area contributed by atoms with Gasteiger partial charge in [-0.1, -0.05) is 18.7 Å². The quantitative estimate of drug-likeness (QED) is 0.631. The highest BCUT2D eigenvalue weighted by Gasteiger charge is 2.16. The van der Waals surface area contributed by atoms with Crippen LogP contribution in [-0.2, 0) is 12.8 Å². The van der Waals surface area contributed by atoms with Gasteiger partial charge in [-0.3, -0.25) is 0 Å². The van der Waals surface area contributed by atoms with Gasteiger partial charge < -0.3 is 5.32 Å². The van der Waals surface area contributed by atoms with Crippen molar-refractivity contribution in [3.05, 3.63) is 11.3 Å². The Balaban J connectivity index is 2.38. The Labute approximate surface area is 95.1 Å². The predicted octanol–water partition coefficient (Wildman–Crippen LogP) is 2.51. The van der Waals surface area contributed by atoms with E-state index in [2.05, 4.69) is 22.2 Å². The monoisotopic (exact) mass is 223 g/mol. The number of rotatable bonds is 3. The summed E-state index contributed by atoms with van der Waals surface area (Å²) >= 11 is 1.72. The molecule has 15 heavy (non-hydrogen) atoms. The lowest BCUT2D eigenvalue weighted by atomic mass is 9.96. The first kappa shape index (κ1) is 10.7. The summed E-state index contributed by atoms with van der Waals surface area (Å²) < 4.78 is 0. The fraction of sp³-hybridized carbons (Fsp3) is 0.636. The van der Waals surface area contributed by atoms with E-state index in [0.29, 0.717) is 0 Å². The third-order valence-electron chi connectivity index (χ3n) is 2.67. The van der Waals surface area contributed by atoms with E-state index in [1.165, 1.54) is 24.1 Å². The van der Waals surface area contributed by atoms with Crippen molar-refractivity contribution in [3.8, 4) is 0 Å². The fourth-order valence-corrected chi connectivity index (χ4v) is 2.56. The lowest BCUT2D eigenvalue weighted by molar-refractivity contribution is 0.651. The van der Waals surface area contributed by atoms with Gasteiger partial charge in [0.2, 0.25) is 0 Å². The van der Waals surface area contributed by atoms with Crippen LogP contribution in [0.2, 0.25) is 0 Å². The number of nitrogens with zero attached hydrogens (tertiary/aromatic N) is 2. The van der Waals surface area contributed by atoms with Gasteiger partial charge in [0.25, 0.3) is 0 Å². The van der Waals surface area contributed by atoms with Gasteiger partial charge in [-0.15, -0.1) is 0 Å². The number of thioether (sulfide) groups is 1. The largest absolute Gasteiger partial charge is 0.373 e. The zero-order chi connectivity index (χ0) is 10.7. The molecule has 0 atom stereocenters. The van der Waals surface area contributed by atoms with Crippen LogP contribution < -0.4 is 5.32 Å². The minimum atomic E-state index is 0.919. The van der Waals surface area contributed by atoms with Crippen LogP contribution in [0, 0.1) is 0 Å². The number of aromatic nitrogens is 2. The van der Waals surface area contributed by atoms with E-state index in [1.54, 1.807) is 11.8 Å². The summed E-state index contributed by atoms with van der Waals surface area (Å²) in [6.07, 6.45) is 4.78. The molecule has 1 aromatic heterocycles. The number of nitrogens with one attached hydrogen (secondary N) is 1. The summed E-state index contributed by atoms with van der Waals surface area (Å²) in [5, 5.41) is 4.11. The maximum Gasteiger partial charge on any atom is 0.189 e. The van der Waals surface area contributed by atoms with E-state index in [0.717, 1.165) is 29.6 Å². The van der Waals surface area contributed by atoms with Gasteiger partial charge in [-0.25, -0.2) is 9.97 Å². The van der Waals surface area contributed by atoms with Crippen molar-refractivity contribution in [2.75, 3.05) is 18.1 Å². The first-order valence-electron chi connectivity index (χ1n) is 5.55. The molecule has 0 spiro atoms. The molecule has 0 radical (unpaired) electrons. The Kier molecular flexibility index (Phi) is 3.46. The van der Waals surface area contributed by atoms with Crippen LogP contribution in [0.4, 0.5) is 5.82 Å². The molecule has 0 amide bonds. The van der Waals surface area contributed by atoms with Crippen molar-refractivity contribution in [1.29, 1.82) is 0 Å². The SMILES string of the molecule is CCSc1nc2c(c(NC)n1)CCCC2. The van der Waals surface area contributed by atoms with Gasteiger partial charge in [0.1, 0.15) is 5.82 Å². The highest BCUT2D eigenvalue weighted by atomic mass is 32.2. The van der Waals surface area contributed by atoms with Crippen LogP contribution in [0.3, 0.4) is 0 Å². The van der Waals surface area contributed by atoms with Gasteiger partial charge in [-0.2, -0.15) is 0 Å².